The third-order valence-corrected chi connectivity index (χ3v) is 4.00. The van der Waals surface area contributed by atoms with Crippen molar-refractivity contribution >= 4 is 10.9 Å². The molecule has 2 atom stereocenters. The van der Waals surface area contributed by atoms with Crippen molar-refractivity contribution in [1.29, 1.82) is 5.26 Å². The van der Waals surface area contributed by atoms with E-state index >= 15 is 0 Å². The first-order valence-electron chi connectivity index (χ1n) is 6.88. The van der Waals surface area contributed by atoms with Crippen LogP contribution in [0.1, 0.15) is 30.4 Å². The van der Waals surface area contributed by atoms with Gasteiger partial charge in [0.15, 0.2) is 0 Å². The van der Waals surface area contributed by atoms with E-state index in [2.05, 4.69) is 17.2 Å². The maximum atomic E-state index is 14.1. The van der Waals surface area contributed by atoms with E-state index in [1.54, 1.807) is 6.20 Å². The molecule has 3 nitrogen and oxygen atoms in total. The standard InChI is InChI=1S/C16H16FN3/c1-10-5-11(9-19-8-10)13-6-15(17)14(7-18)16-12(13)3-2-4-20-16/h2-4,6,10-11,19H,5,8-9H2,1H3. The summed E-state index contributed by atoms with van der Waals surface area (Å²) < 4.78 is 14.1. The van der Waals surface area contributed by atoms with Crippen LogP contribution in [0.3, 0.4) is 0 Å². The third-order valence-electron chi connectivity index (χ3n) is 4.00. The van der Waals surface area contributed by atoms with Gasteiger partial charge in [0, 0.05) is 18.1 Å². The Hall–Kier alpha value is -1.99. The number of hydrogen-bond donors (Lipinski definition) is 1. The average molecular weight is 269 g/mol. The Balaban J connectivity index is 2.19. The number of rotatable bonds is 1. The molecule has 4 heteroatoms. The van der Waals surface area contributed by atoms with Gasteiger partial charge in [-0.1, -0.05) is 13.0 Å². The van der Waals surface area contributed by atoms with Crippen LogP contribution < -0.4 is 5.32 Å². The molecule has 1 fully saturated rings. The summed E-state index contributed by atoms with van der Waals surface area (Å²) in [6.07, 6.45) is 2.64. The van der Waals surface area contributed by atoms with Crippen molar-refractivity contribution in [3.05, 3.63) is 41.3 Å². The minimum Gasteiger partial charge on any atom is -0.316 e. The summed E-state index contributed by atoms with van der Waals surface area (Å²) >= 11 is 0. The van der Waals surface area contributed by atoms with Gasteiger partial charge in [0.2, 0.25) is 0 Å². The summed E-state index contributed by atoms with van der Waals surface area (Å²) in [4.78, 5) is 4.20. The second kappa shape index (κ2) is 5.18. The van der Waals surface area contributed by atoms with Gasteiger partial charge >= 0.3 is 0 Å². The van der Waals surface area contributed by atoms with Crippen molar-refractivity contribution < 1.29 is 4.39 Å². The van der Waals surface area contributed by atoms with Crippen molar-refractivity contribution in [2.75, 3.05) is 13.1 Å². The Kier molecular flexibility index (Phi) is 3.37. The van der Waals surface area contributed by atoms with E-state index in [4.69, 9.17) is 5.26 Å². The molecule has 0 spiro atoms. The second-order valence-corrected chi connectivity index (χ2v) is 5.53. The van der Waals surface area contributed by atoms with E-state index in [0.29, 0.717) is 11.4 Å². The fraction of sp³-hybridized carbons (Fsp3) is 0.375. The van der Waals surface area contributed by atoms with Gasteiger partial charge < -0.3 is 5.32 Å². The molecule has 1 aliphatic heterocycles. The van der Waals surface area contributed by atoms with Crippen LogP contribution in [-0.4, -0.2) is 18.1 Å². The summed E-state index contributed by atoms with van der Waals surface area (Å²) in [5.41, 5.74) is 1.48. The number of benzene rings is 1. The van der Waals surface area contributed by atoms with E-state index in [1.807, 2.05) is 18.2 Å². The molecule has 1 saturated heterocycles. The molecule has 2 aromatic rings. The first-order valence-corrected chi connectivity index (χ1v) is 6.88. The average Bonchev–Trinajstić information content (AvgIpc) is 2.46. The highest BCUT2D eigenvalue weighted by Crippen LogP contribution is 2.33. The number of nitriles is 1. The monoisotopic (exact) mass is 269 g/mol. The van der Waals surface area contributed by atoms with Crippen LogP contribution in [-0.2, 0) is 0 Å². The minimum absolute atomic E-state index is 0.0427. The van der Waals surface area contributed by atoms with Crippen molar-refractivity contribution in [1.82, 2.24) is 10.3 Å². The minimum atomic E-state index is -0.466. The normalized spacial score (nSPS) is 22.6. The highest BCUT2D eigenvalue weighted by molar-refractivity contribution is 5.87. The quantitative estimate of drug-likeness (QED) is 0.866. The molecule has 3 rings (SSSR count). The molecule has 0 saturated carbocycles. The highest BCUT2D eigenvalue weighted by atomic mass is 19.1. The van der Waals surface area contributed by atoms with Crippen LogP contribution >= 0.6 is 0 Å². The van der Waals surface area contributed by atoms with Crippen LogP contribution in [0.4, 0.5) is 4.39 Å². The fourth-order valence-corrected chi connectivity index (χ4v) is 3.07. The zero-order chi connectivity index (χ0) is 14.1. The number of fused-ring (bicyclic) bond motifs is 1. The summed E-state index contributed by atoms with van der Waals surface area (Å²) in [5.74, 6) is 0.374. The lowest BCUT2D eigenvalue weighted by Crippen LogP contribution is -2.34. The van der Waals surface area contributed by atoms with Crippen LogP contribution in [0.2, 0.25) is 0 Å². The number of nitrogens with zero attached hydrogens (tertiary/aromatic N) is 2. The summed E-state index contributed by atoms with van der Waals surface area (Å²) in [6.45, 7) is 4.05. The molecule has 2 heterocycles. The number of pyridine rings is 1. The molecule has 2 unspecified atom stereocenters. The number of hydrogen-bond acceptors (Lipinski definition) is 3. The van der Waals surface area contributed by atoms with Crippen molar-refractivity contribution in [2.24, 2.45) is 5.92 Å². The van der Waals surface area contributed by atoms with E-state index in [9.17, 15) is 4.39 Å². The van der Waals surface area contributed by atoms with Crippen molar-refractivity contribution in [3.63, 3.8) is 0 Å². The van der Waals surface area contributed by atoms with Crippen LogP contribution in [0.25, 0.3) is 10.9 Å². The maximum Gasteiger partial charge on any atom is 0.143 e. The van der Waals surface area contributed by atoms with Crippen LogP contribution in [0.5, 0.6) is 0 Å². The maximum absolute atomic E-state index is 14.1. The highest BCUT2D eigenvalue weighted by Gasteiger charge is 2.24. The molecule has 20 heavy (non-hydrogen) atoms. The van der Waals surface area contributed by atoms with E-state index in [0.717, 1.165) is 30.5 Å². The first kappa shape index (κ1) is 13.0. The number of nitrogens with one attached hydrogen (secondary N) is 1. The van der Waals surface area contributed by atoms with E-state index in [-0.39, 0.29) is 11.5 Å². The lowest BCUT2D eigenvalue weighted by atomic mass is 9.84. The molecule has 0 amide bonds. The first-order chi connectivity index (χ1) is 9.70. The third kappa shape index (κ3) is 2.14. The fourth-order valence-electron chi connectivity index (χ4n) is 3.07. The smallest absolute Gasteiger partial charge is 0.143 e. The molecule has 0 radical (unpaired) electrons. The van der Waals surface area contributed by atoms with Gasteiger partial charge in [0.1, 0.15) is 17.4 Å². The van der Waals surface area contributed by atoms with Crippen LogP contribution in [0, 0.1) is 23.1 Å². The molecule has 0 aliphatic carbocycles. The zero-order valence-electron chi connectivity index (χ0n) is 11.4. The van der Waals surface area contributed by atoms with E-state index in [1.165, 1.54) is 6.07 Å². The Morgan fingerprint density at radius 1 is 1.45 bits per heavy atom. The molecule has 1 N–H and O–H groups in total. The van der Waals surface area contributed by atoms with Gasteiger partial charge in [0.05, 0.1) is 5.52 Å². The number of piperidine rings is 1. The molecule has 1 aromatic heterocycles. The van der Waals surface area contributed by atoms with Gasteiger partial charge in [-0.25, -0.2) is 4.39 Å². The Labute approximate surface area is 117 Å². The van der Waals surface area contributed by atoms with Gasteiger partial charge in [0.25, 0.3) is 0 Å². The Morgan fingerprint density at radius 3 is 3.05 bits per heavy atom. The molecule has 102 valence electrons. The van der Waals surface area contributed by atoms with Crippen LogP contribution in [0.15, 0.2) is 24.4 Å². The summed E-state index contributed by atoms with van der Waals surface area (Å²) in [7, 11) is 0. The predicted molar refractivity (Wildman–Crippen MR) is 75.8 cm³/mol. The molecular weight excluding hydrogens is 253 g/mol. The van der Waals surface area contributed by atoms with Gasteiger partial charge in [-0.05, 0) is 42.5 Å². The molecule has 1 aromatic carbocycles. The van der Waals surface area contributed by atoms with Gasteiger partial charge in [-0.15, -0.1) is 0 Å². The SMILES string of the molecule is CC1CNCC(c2cc(F)c(C#N)c3ncccc23)C1. The van der Waals surface area contributed by atoms with Crippen molar-refractivity contribution in [3.8, 4) is 6.07 Å². The van der Waals surface area contributed by atoms with E-state index < -0.39 is 5.82 Å². The van der Waals surface area contributed by atoms with Crippen molar-refractivity contribution in [2.45, 2.75) is 19.3 Å². The molecular formula is C16H16FN3. The largest absolute Gasteiger partial charge is 0.316 e. The lowest BCUT2D eigenvalue weighted by molar-refractivity contribution is 0.364. The number of aromatic nitrogens is 1. The molecule has 1 aliphatic rings. The Bertz CT molecular complexity index is 690. The zero-order valence-corrected chi connectivity index (χ0v) is 11.4. The second-order valence-electron chi connectivity index (χ2n) is 5.53. The number of halogens is 1. The lowest BCUT2D eigenvalue weighted by Gasteiger charge is -2.29. The predicted octanol–water partition coefficient (Wildman–Crippen LogP) is 2.96. The molecule has 0 bridgehead atoms. The van der Waals surface area contributed by atoms with Gasteiger partial charge in [-0.3, -0.25) is 4.98 Å². The topological polar surface area (TPSA) is 48.7 Å². The van der Waals surface area contributed by atoms with Gasteiger partial charge in [-0.2, -0.15) is 5.26 Å². The summed E-state index contributed by atoms with van der Waals surface area (Å²) in [6, 6.07) is 7.21. The summed E-state index contributed by atoms with van der Waals surface area (Å²) in [5, 5.41) is 13.4. The Morgan fingerprint density at radius 2 is 2.30 bits per heavy atom.